The van der Waals surface area contributed by atoms with E-state index in [1.165, 1.54) is 64.4 Å². The molecule has 0 aliphatic heterocycles. The molecule has 0 saturated heterocycles. The second kappa shape index (κ2) is 12.2. The molecular formula is C48H32N2S. The molecule has 2 heterocycles. The highest BCUT2D eigenvalue weighted by Crippen LogP contribution is 2.48. The minimum atomic E-state index is 1.12. The van der Waals surface area contributed by atoms with Crippen molar-refractivity contribution in [1.82, 2.24) is 4.57 Å². The number of benzene rings is 8. The standard InChI is InChI=1S/C48H32N2S/c1-2-15-33(16-3-1)34-17-12-19-36(31-34)50(45-28-14-30-47-48(45)41-24-7-11-29-46(41)51-47)42-25-8-4-21-38(42)35-18-13-20-37(32-35)49-43-26-9-5-22-39(43)40-23-6-10-27-44(40)49/h1-32H. The van der Waals surface area contributed by atoms with Crippen molar-refractivity contribution in [2.24, 2.45) is 0 Å². The zero-order chi connectivity index (χ0) is 33.7. The molecule has 0 amide bonds. The number of thiophene rings is 1. The van der Waals surface area contributed by atoms with Crippen molar-refractivity contribution >= 4 is 70.4 Å². The van der Waals surface area contributed by atoms with Crippen LogP contribution in [0.15, 0.2) is 194 Å². The van der Waals surface area contributed by atoms with Crippen molar-refractivity contribution in [3.63, 3.8) is 0 Å². The molecule has 3 heteroatoms. The number of anilines is 3. The fraction of sp³-hybridized carbons (Fsp3) is 0. The Kier molecular flexibility index (Phi) is 7.04. The topological polar surface area (TPSA) is 8.17 Å². The Bertz CT molecular complexity index is 2830. The van der Waals surface area contributed by atoms with Crippen molar-refractivity contribution in [1.29, 1.82) is 0 Å². The summed E-state index contributed by atoms with van der Waals surface area (Å²) in [5.74, 6) is 0. The van der Waals surface area contributed by atoms with Crippen LogP contribution in [0.4, 0.5) is 17.1 Å². The Morgan fingerprint density at radius 1 is 0.392 bits per heavy atom. The molecule has 0 bridgehead atoms. The lowest BCUT2D eigenvalue weighted by Crippen LogP contribution is -2.11. The van der Waals surface area contributed by atoms with E-state index in [0.29, 0.717) is 0 Å². The second-order valence-electron chi connectivity index (χ2n) is 12.9. The SMILES string of the molecule is c1ccc(-c2cccc(N(c3ccccc3-c3cccc(-n4c5ccccc5c5ccccc54)c3)c3cccc4sc5ccccc5c34)c2)cc1. The lowest BCUT2D eigenvalue weighted by molar-refractivity contribution is 1.18. The van der Waals surface area contributed by atoms with E-state index >= 15 is 0 Å². The molecule has 240 valence electrons. The quantitative estimate of drug-likeness (QED) is 0.171. The molecular weight excluding hydrogens is 637 g/mol. The third-order valence-electron chi connectivity index (χ3n) is 9.97. The van der Waals surface area contributed by atoms with Gasteiger partial charge in [0, 0.05) is 47.9 Å². The number of rotatable bonds is 6. The van der Waals surface area contributed by atoms with Gasteiger partial charge in [0.25, 0.3) is 0 Å². The van der Waals surface area contributed by atoms with Gasteiger partial charge in [0.1, 0.15) is 0 Å². The Labute approximate surface area is 300 Å². The molecule has 0 fully saturated rings. The van der Waals surface area contributed by atoms with Gasteiger partial charge in [-0.05, 0) is 77.4 Å². The summed E-state index contributed by atoms with van der Waals surface area (Å²) < 4.78 is 4.98. The molecule has 0 spiro atoms. The summed E-state index contributed by atoms with van der Waals surface area (Å²) in [6.45, 7) is 0. The van der Waals surface area contributed by atoms with Crippen LogP contribution < -0.4 is 4.90 Å². The minimum Gasteiger partial charge on any atom is -0.309 e. The largest absolute Gasteiger partial charge is 0.309 e. The molecule has 51 heavy (non-hydrogen) atoms. The Hall–Kier alpha value is -6.42. The van der Waals surface area contributed by atoms with Crippen LogP contribution >= 0.6 is 11.3 Å². The molecule has 0 aliphatic rings. The van der Waals surface area contributed by atoms with Crippen LogP contribution in [-0.4, -0.2) is 4.57 Å². The van der Waals surface area contributed by atoms with Crippen LogP contribution in [0.3, 0.4) is 0 Å². The van der Waals surface area contributed by atoms with E-state index in [-0.39, 0.29) is 0 Å². The molecule has 8 aromatic carbocycles. The average Bonchev–Trinajstić information content (AvgIpc) is 3.75. The summed E-state index contributed by atoms with van der Waals surface area (Å²) in [5, 5.41) is 5.08. The van der Waals surface area contributed by atoms with Crippen molar-refractivity contribution in [2.75, 3.05) is 4.90 Å². The van der Waals surface area contributed by atoms with Gasteiger partial charge in [0.2, 0.25) is 0 Å². The number of para-hydroxylation sites is 3. The first-order chi connectivity index (χ1) is 25.3. The first-order valence-electron chi connectivity index (χ1n) is 17.4. The van der Waals surface area contributed by atoms with Gasteiger partial charge >= 0.3 is 0 Å². The third kappa shape index (κ3) is 4.93. The molecule has 0 unspecified atom stereocenters. The molecule has 0 radical (unpaired) electrons. The van der Waals surface area contributed by atoms with Crippen LogP contribution in [0.1, 0.15) is 0 Å². The van der Waals surface area contributed by atoms with Gasteiger partial charge in [-0.2, -0.15) is 0 Å². The minimum absolute atomic E-state index is 1.12. The summed E-state index contributed by atoms with van der Waals surface area (Å²) in [5.41, 5.74) is 11.7. The number of fused-ring (bicyclic) bond motifs is 6. The number of hydrogen-bond donors (Lipinski definition) is 0. The highest BCUT2D eigenvalue weighted by Gasteiger charge is 2.22. The zero-order valence-corrected chi connectivity index (χ0v) is 28.6. The van der Waals surface area contributed by atoms with Crippen molar-refractivity contribution in [3.8, 4) is 27.9 Å². The van der Waals surface area contributed by atoms with E-state index in [9.17, 15) is 0 Å². The van der Waals surface area contributed by atoms with Crippen LogP contribution in [0, 0.1) is 0 Å². The van der Waals surface area contributed by atoms with Crippen molar-refractivity contribution < 1.29 is 0 Å². The Morgan fingerprint density at radius 2 is 0.980 bits per heavy atom. The lowest BCUT2D eigenvalue weighted by Gasteiger charge is -2.29. The van der Waals surface area contributed by atoms with E-state index < -0.39 is 0 Å². The molecule has 0 saturated carbocycles. The van der Waals surface area contributed by atoms with Gasteiger partial charge in [-0.1, -0.05) is 133 Å². The summed E-state index contributed by atoms with van der Waals surface area (Å²) in [4.78, 5) is 2.47. The average molecular weight is 669 g/mol. The highest BCUT2D eigenvalue weighted by atomic mass is 32.1. The maximum absolute atomic E-state index is 2.47. The molecule has 0 N–H and O–H groups in total. The number of hydrogen-bond acceptors (Lipinski definition) is 2. The molecule has 0 atom stereocenters. The van der Waals surface area contributed by atoms with E-state index in [2.05, 4.69) is 204 Å². The fourth-order valence-electron chi connectivity index (χ4n) is 7.73. The highest BCUT2D eigenvalue weighted by molar-refractivity contribution is 7.26. The van der Waals surface area contributed by atoms with Crippen molar-refractivity contribution in [2.45, 2.75) is 0 Å². The molecule has 10 aromatic rings. The molecule has 2 nitrogen and oxygen atoms in total. The van der Waals surface area contributed by atoms with Gasteiger partial charge in [-0.25, -0.2) is 0 Å². The first-order valence-corrected chi connectivity index (χ1v) is 18.2. The van der Waals surface area contributed by atoms with E-state index in [1.807, 2.05) is 11.3 Å². The van der Waals surface area contributed by atoms with E-state index in [1.54, 1.807) is 0 Å². The molecule has 10 rings (SSSR count). The summed E-state index contributed by atoms with van der Waals surface area (Å²) in [6.07, 6.45) is 0. The predicted octanol–water partition coefficient (Wildman–Crippen LogP) is 14.0. The summed E-state index contributed by atoms with van der Waals surface area (Å²) in [6, 6.07) is 70.4. The van der Waals surface area contributed by atoms with Gasteiger partial charge < -0.3 is 9.47 Å². The zero-order valence-electron chi connectivity index (χ0n) is 27.8. The molecule has 0 aliphatic carbocycles. The number of aromatic nitrogens is 1. The van der Waals surface area contributed by atoms with Crippen LogP contribution in [0.25, 0.3) is 69.9 Å². The smallest absolute Gasteiger partial charge is 0.0555 e. The molecule has 2 aromatic heterocycles. The van der Waals surface area contributed by atoms with Gasteiger partial charge in [-0.15, -0.1) is 11.3 Å². The third-order valence-corrected chi connectivity index (χ3v) is 11.1. The summed E-state index contributed by atoms with van der Waals surface area (Å²) in [7, 11) is 0. The van der Waals surface area contributed by atoms with Crippen LogP contribution in [0.5, 0.6) is 0 Å². The maximum atomic E-state index is 2.47. The number of nitrogens with zero attached hydrogens (tertiary/aromatic N) is 2. The maximum Gasteiger partial charge on any atom is 0.0555 e. The van der Waals surface area contributed by atoms with Crippen LogP contribution in [0.2, 0.25) is 0 Å². The van der Waals surface area contributed by atoms with E-state index in [4.69, 9.17) is 0 Å². The monoisotopic (exact) mass is 668 g/mol. The first kappa shape index (κ1) is 29.5. The van der Waals surface area contributed by atoms with E-state index in [0.717, 1.165) is 22.6 Å². The Morgan fingerprint density at radius 3 is 1.80 bits per heavy atom. The summed E-state index contributed by atoms with van der Waals surface area (Å²) >= 11 is 1.86. The Balaban J connectivity index is 1.21. The van der Waals surface area contributed by atoms with Gasteiger partial charge in [0.15, 0.2) is 0 Å². The second-order valence-corrected chi connectivity index (χ2v) is 14.0. The van der Waals surface area contributed by atoms with Gasteiger partial charge in [-0.3, -0.25) is 0 Å². The fourth-order valence-corrected chi connectivity index (χ4v) is 8.86. The van der Waals surface area contributed by atoms with Crippen molar-refractivity contribution in [3.05, 3.63) is 194 Å². The lowest BCUT2D eigenvalue weighted by atomic mass is 9.99. The van der Waals surface area contributed by atoms with Crippen LogP contribution in [-0.2, 0) is 0 Å². The predicted molar refractivity (Wildman–Crippen MR) is 219 cm³/mol. The normalized spacial score (nSPS) is 11.5. The van der Waals surface area contributed by atoms with Gasteiger partial charge in [0.05, 0.1) is 22.4 Å².